The van der Waals surface area contributed by atoms with E-state index in [0.29, 0.717) is 0 Å². The molecule has 6 heteroatoms. The molecule has 4 nitrogen and oxygen atoms in total. The van der Waals surface area contributed by atoms with Crippen molar-refractivity contribution < 1.29 is 19.0 Å². The number of para-hydroxylation sites is 1. The highest BCUT2D eigenvalue weighted by molar-refractivity contribution is 7.07. The molecule has 0 bridgehead atoms. The van der Waals surface area contributed by atoms with Crippen molar-refractivity contribution in [3.05, 3.63) is 52.5 Å². The van der Waals surface area contributed by atoms with E-state index in [0.717, 1.165) is 5.56 Å². The van der Waals surface area contributed by atoms with Crippen LogP contribution < -0.4 is 10.1 Å². The highest BCUT2D eigenvalue weighted by atomic mass is 32.1. The number of halogens is 1. The van der Waals surface area contributed by atoms with Gasteiger partial charge in [-0.15, -0.1) is 0 Å². The normalized spacial score (nSPS) is 11.9. The molecule has 1 amide bonds. The van der Waals surface area contributed by atoms with Crippen LogP contribution in [0.2, 0.25) is 0 Å². The first-order valence-electron chi connectivity index (χ1n) is 6.01. The van der Waals surface area contributed by atoms with Crippen LogP contribution in [-0.2, 0) is 4.79 Å². The molecule has 0 saturated carbocycles. The maximum atomic E-state index is 13.2. The molecule has 1 atom stereocenters. The number of carbonyl (C=O) groups excluding carboxylic acids is 1. The molecule has 2 N–H and O–H groups in total. The van der Waals surface area contributed by atoms with Gasteiger partial charge in [0.2, 0.25) is 0 Å². The summed E-state index contributed by atoms with van der Waals surface area (Å²) < 4.78 is 18.3. The zero-order chi connectivity index (χ0) is 14.4. The lowest BCUT2D eigenvalue weighted by atomic mass is 10.2. The molecule has 1 unspecified atom stereocenters. The molecule has 1 aromatic carbocycles. The summed E-state index contributed by atoms with van der Waals surface area (Å²) in [5.74, 6) is -0.901. The number of thiophene rings is 1. The monoisotopic (exact) mass is 295 g/mol. The minimum Gasteiger partial charge on any atom is -0.481 e. The average molecular weight is 295 g/mol. The van der Waals surface area contributed by atoms with Crippen LogP contribution in [0.15, 0.2) is 41.1 Å². The quantitative estimate of drug-likeness (QED) is 0.858. The molecule has 0 aliphatic carbocycles. The van der Waals surface area contributed by atoms with Gasteiger partial charge < -0.3 is 15.2 Å². The Kier molecular flexibility index (Phi) is 5.09. The van der Waals surface area contributed by atoms with E-state index in [1.807, 2.05) is 10.8 Å². The second kappa shape index (κ2) is 7.02. The average Bonchev–Trinajstić information content (AvgIpc) is 2.98. The number of benzene rings is 1. The van der Waals surface area contributed by atoms with Gasteiger partial charge in [-0.2, -0.15) is 11.3 Å². The van der Waals surface area contributed by atoms with Crippen molar-refractivity contribution >= 4 is 17.2 Å². The highest BCUT2D eigenvalue weighted by Crippen LogP contribution is 2.16. The predicted molar refractivity (Wildman–Crippen MR) is 74.2 cm³/mol. The third kappa shape index (κ3) is 4.04. The summed E-state index contributed by atoms with van der Waals surface area (Å²) >= 11 is 1.47. The molecule has 0 fully saturated rings. The lowest BCUT2D eigenvalue weighted by molar-refractivity contribution is -0.123. The van der Waals surface area contributed by atoms with Crippen molar-refractivity contribution in [2.24, 2.45) is 0 Å². The van der Waals surface area contributed by atoms with Crippen LogP contribution >= 0.6 is 11.3 Å². The fourth-order valence-corrected chi connectivity index (χ4v) is 2.26. The van der Waals surface area contributed by atoms with Gasteiger partial charge >= 0.3 is 0 Å². The van der Waals surface area contributed by atoms with E-state index in [1.54, 1.807) is 18.2 Å². The van der Waals surface area contributed by atoms with Crippen molar-refractivity contribution in [1.82, 2.24) is 5.32 Å². The first-order valence-corrected chi connectivity index (χ1v) is 6.95. The van der Waals surface area contributed by atoms with Gasteiger partial charge in [-0.1, -0.05) is 12.1 Å². The number of aliphatic hydroxyl groups is 1. The molecule has 2 aromatic rings. The Labute approximate surface area is 119 Å². The van der Waals surface area contributed by atoms with Gasteiger partial charge in [0.25, 0.3) is 5.91 Å². The molecular formula is C14H14FNO3S. The van der Waals surface area contributed by atoms with E-state index in [1.165, 1.54) is 23.5 Å². The number of rotatable bonds is 6. The third-order valence-electron chi connectivity index (χ3n) is 2.62. The summed E-state index contributed by atoms with van der Waals surface area (Å²) in [4.78, 5) is 11.5. The number of amides is 1. The summed E-state index contributed by atoms with van der Waals surface area (Å²) in [7, 11) is 0. The van der Waals surface area contributed by atoms with Crippen LogP contribution in [-0.4, -0.2) is 24.2 Å². The maximum absolute atomic E-state index is 13.2. The number of hydrogen-bond donors (Lipinski definition) is 2. The number of ether oxygens (including phenoxy) is 1. The topological polar surface area (TPSA) is 58.6 Å². The van der Waals surface area contributed by atoms with E-state index in [2.05, 4.69) is 5.32 Å². The van der Waals surface area contributed by atoms with Crippen molar-refractivity contribution in [3.63, 3.8) is 0 Å². The number of carbonyl (C=O) groups is 1. The zero-order valence-corrected chi connectivity index (χ0v) is 11.4. The molecule has 2 rings (SSSR count). The second-order valence-corrected chi connectivity index (χ2v) is 4.88. The van der Waals surface area contributed by atoms with Gasteiger partial charge in [-0.3, -0.25) is 4.79 Å². The van der Waals surface area contributed by atoms with Gasteiger partial charge in [0, 0.05) is 6.54 Å². The van der Waals surface area contributed by atoms with E-state index in [9.17, 15) is 14.3 Å². The molecule has 1 heterocycles. The highest BCUT2D eigenvalue weighted by Gasteiger charge is 2.11. The van der Waals surface area contributed by atoms with Gasteiger partial charge in [-0.25, -0.2) is 4.39 Å². The van der Waals surface area contributed by atoms with E-state index >= 15 is 0 Å². The van der Waals surface area contributed by atoms with Gasteiger partial charge in [-0.05, 0) is 34.5 Å². The Morgan fingerprint density at radius 3 is 2.90 bits per heavy atom. The van der Waals surface area contributed by atoms with Crippen molar-refractivity contribution in [3.8, 4) is 5.75 Å². The molecule has 1 aromatic heterocycles. The Morgan fingerprint density at radius 2 is 2.20 bits per heavy atom. The summed E-state index contributed by atoms with van der Waals surface area (Å²) in [5, 5.41) is 16.0. The summed E-state index contributed by atoms with van der Waals surface area (Å²) in [6, 6.07) is 7.66. The van der Waals surface area contributed by atoms with E-state index < -0.39 is 17.8 Å². The van der Waals surface area contributed by atoms with Crippen molar-refractivity contribution in [1.29, 1.82) is 0 Å². The molecular weight excluding hydrogens is 281 g/mol. The van der Waals surface area contributed by atoms with E-state index in [4.69, 9.17) is 4.74 Å². The molecule has 0 spiro atoms. The maximum Gasteiger partial charge on any atom is 0.258 e. The van der Waals surface area contributed by atoms with Gasteiger partial charge in [0.05, 0.1) is 6.10 Å². The third-order valence-corrected chi connectivity index (χ3v) is 3.32. The SMILES string of the molecule is O=C(COc1ccccc1F)NCC(O)c1ccsc1. The molecule has 0 saturated heterocycles. The molecule has 0 aliphatic rings. The standard InChI is InChI=1S/C14H14FNO3S/c15-11-3-1-2-4-13(11)19-8-14(18)16-7-12(17)10-5-6-20-9-10/h1-6,9,12,17H,7-8H2,(H,16,18). The fourth-order valence-electron chi connectivity index (χ4n) is 1.55. The smallest absolute Gasteiger partial charge is 0.258 e. The van der Waals surface area contributed by atoms with Crippen LogP contribution in [0.3, 0.4) is 0 Å². The lowest BCUT2D eigenvalue weighted by Gasteiger charge is -2.11. The minimum atomic E-state index is -0.751. The molecule has 0 aliphatic heterocycles. The Balaban J connectivity index is 1.75. The number of nitrogens with one attached hydrogen (secondary N) is 1. The summed E-state index contributed by atoms with van der Waals surface area (Å²) in [6.07, 6.45) is -0.751. The fraction of sp³-hybridized carbons (Fsp3) is 0.214. The zero-order valence-electron chi connectivity index (χ0n) is 10.6. The minimum absolute atomic E-state index is 0.0287. The summed E-state index contributed by atoms with van der Waals surface area (Å²) in [6.45, 7) is -0.201. The van der Waals surface area contributed by atoms with Crippen LogP contribution in [0.1, 0.15) is 11.7 Å². The van der Waals surface area contributed by atoms with Crippen molar-refractivity contribution in [2.75, 3.05) is 13.2 Å². The Bertz CT molecular complexity index is 559. The largest absolute Gasteiger partial charge is 0.481 e. The van der Waals surface area contributed by atoms with Crippen LogP contribution in [0, 0.1) is 5.82 Å². The van der Waals surface area contributed by atoms with Crippen LogP contribution in [0.5, 0.6) is 5.75 Å². The molecule has 0 radical (unpaired) electrons. The van der Waals surface area contributed by atoms with Crippen molar-refractivity contribution in [2.45, 2.75) is 6.10 Å². The molecule has 20 heavy (non-hydrogen) atoms. The predicted octanol–water partition coefficient (Wildman–Crippen LogP) is 2.12. The van der Waals surface area contributed by atoms with Crippen LogP contribution in [0.25, 0.3) is 0 Å². The number of aliphatic hydroxyl groups excluding tert-OH is 1. The summed E-state index contributed by atoms with van der Waals surface area (Å²) in [5.41, 5.74) is 0.755. The van der Waals surface area contributed by atoms with Crippen LogP contribution in [0.4, 0.5) is 4.39 Å². The van der Waals surface area contributed by atoms with E-state index in [-0.39, 0.29) is 18.9 Å². The number of hydrogen-bond acceptors (Lipinski definition) is 4. The lowest BCUT2D eigenvalue weighted by Crippen LogP contribution is -2.32. The van der Waals surface area contributed by atoms with Gasteiger partial charge in [0.1, 0.15) is 0 Å². The Morgan fingerprint density at radius 1 is 1.40 bits per heavy atom. The first kappa shape index (κ1) is 14.5. The van der Waals surface area contributed by atoms with Gasteiger partial charge in [0.15, 0.2) is 18.2 Å². The Hall–Kier alpha value is -1.92. The first-order chi connectivity index (χ1) is 9.66. The second-order valence-electron chi connectivity index (χ2n) is 4.10. The molecule has 106 valence electrons.